The van der Waals surface area contributed by atoms with E-state index in [1.165, 1.54) is 5.56 Å². The molecule has 0 aliphatic carbocycles. The molecule has 0 N–H and O–H groups in total. The number of carbonyl (C=O) groups excluding carboxylic acids is 1. The molecule has 2 saturated heterocycles. The minimum Gasteiger partial charge on any atom is -0.302 e. The molecule has 18 heavy (non-hydrogen) atoms. The molecule has 3 heteroatoms. The Bertz CT molecular complexity index is 404. The van der Waals surface area contributed by atoms with Gasteiger partial charge in [0.25, 0.3) is 0 Å². The molecule has 2 fully saturated rings. The Balaban J connectivity index is 1.57. The molecule has 1 aromatic rings. The van der Waals surface area contributed by atoms with E-state index in [9.17, 15) is 4.79 Å². The molecule has 2 atom stereocenters. The van der Waals surface area contributed by atoms with Crippen molar-refractivity contribution >= 4 is 17.5 Å². The van der Waals surface area contributed by atoms with Gasteiger partial charge in [0.1, 0.15) is 5.78 Å². The lowest BCUT2D eigenvalue weighted by molar-refractivity contribution is -0.130. The Morgan fingerprint density at radius 1 is 1.11 bits per heavy atom. The maximum Gasteiger partial charge on any atom is 0.143 e. The fourth-order valence-electron chi connectivity index (χ4n) is 2.95. The Labute approximate surface area is 113 Å². The highest BCUT2D eigenvalue weighted by Gasteiger charge is 2.37. The molecular weight excluding hydrogens is 242 g/mol. The first-order chi connectivity index (χ1) is 8.83. The summed E-state index contributed by atoms with van der Waals surface area (Å²) in [7, 11) is 0. The molecule has 1 aromatic carbocycles. The standard InChI is InChI=1S/C15H19NOS/c17-15-13-8-16(9-14(15)11-18-10-13)7-6-12-4-2-1-3-5-12/h1-5,13-14H,6-11H2. The molecule has 2 unspecified atom stereocenters. The van der Waals surface area contributed by atoms with Gasteiger partial charge in [-0.25, -0.2) is 0 Å². The predicted molar refractivity (Wildman–Crippen MR) is 75.9 cm³/mol. The van der Waals surface area contributed by atoms with Crippen LogP contribution in [0.5, 0.6) is 0 Å². The number of piperidine rings is 1. The van der Waals surface area contributed by atoms with E-state index in [0.29, 0.717) is 17.6 Å². The van der Waals surface area contributed by atoms with Gasteiger partial charge in [0.15, 0.2) is 0 Å². The zero-order valence-corrected chi connectivity index (χ0v) is 11.4. The van der Waals surface area contributed by atoms with E-state index >= 15 is 0 Å². The van der Waals surface area contributed by atoms with Crippen molar-refractivity contribution in [3.63, 3.8) is 0 Å². The van der Waals surface area contributed by atoms with Gasteiger partial charge in [-0.15, -0.1) is 0 Å². The highest BCUT2D eigenvalue weighted by Crippen LogP contribution is 2.30. The zero-order chi connectivity index (χ0) is 12.4. The number of benzene rings is 1. The minimum atomic E-state index is 0.304. The van der Waals surface area contributed by atoms with Crippen molar-refractivity contribution < 1.29 is 4.79 Å². The van der Waals surface area contributed by atoms with E-state index in [0.717, 1.165) is 37.6 Å². The molecule has 2 aliphatic rings. The van der Waals surface area contributed by atoms with Crippen molar-refractivity contribution in [2.75, 3.05) is 31.1 Å². The third kappa shape index (κ3) is 2.62. The third-order valence-corrected chi connectivity index (χ3v) is 5.24. The number of fused-ring (bicyclic) bond motifs is 2. The molecule has 0 aromatic heterocycles. The van der Waals surface area contributed by atoms with Crippen LogP contribution in [0, 0.1) is 11.8 Å². The predicted octanol–water partition coefficient (Wildman–Crippen LogP) is 2.09. The van der Waals surface area contributed by atoms with Gasteiger partial charge < -0.3 is 4.90 Å². The molecule has 3 rings (SSSR count). The Kier molecular flexibility index (Phi) is 3.71. The fourth-order valence-corrected chi connectivity index (χ4v) is 4.19. The van der Waals surface area contributed by atoms with Crippen LogP contribution in [-0.2, 0) is 11.2 Å². The van der Waals surface area contributed by atoms with Gasteiger partial charge in [0.05, 0.1) is 0 Å². The van der Waals surface area contributed by atoms with Crippen LogP contribution in [0.3, 0.4) is 0 Å². The van der Waals surface area contributed by atoms with Crippen molar-refractivity contribution in [1.29, 1.82) is 0 Å². The lowest BCUT2D eigenvalue weighted by atomic mass is 9.89. The lowest BCUT2D eigenvalue weighted by Crippen LogP contribution is -2.51. The Morgan fingerprint density at radius 2 is 1.78 bits per heavy atom. The van der Waals surface area contributed by atoms with Gasteiger partial charge >= 0.3 is 0 Å². The summed E-state index contributed by atoms with van der Waals surface area (Å²) in [6.07, 6.45) is 1.10. The summed E-state index contributed by atoms with van der Waals surface area (Å²) in [5, 5.41) is 0. The van der Waals surface area contributed by atoms with E-state index in [1.54, 1.807) is 0 Å². The number of carbonyl (C=O) groups is 1. The minimum absolute atomic E-state index is 0.304. The van der Waals surface area contributed by atoms with Crippen molar-refractivity contribution in [2.24, 2.45) is 11.8 Å². The quantitative estimate of drug-likeness (QED) is 0.831. The van der Waals surface area contributed by atoms with Crippen molar-refractivity contribution in [2.45, 2.75) is 6.42 Å². The molecular formula is C15H19NOS. The first-order valence-corrected chi connectivity index (χ1v) is 7.86. The zero-order valence-electron chi connectivity index (χ0n) is 10.5. The number of rotatable bonds is 3. The van der Waals surface area contributed by atoms with Crippen LogP contribution >= 0.6 is 11.8 Å². The van der Waals surface area contributed by atoms with Gasteiger partial charge in [0.2, 0.25) is 0 Å². The van der Waals surface area contributed by atoms with Crippen LogP contribution in [0.1, 0.15) is 5.56 Å². The van der Waals surface area contributed by atoms with E-state index < -0.39 is 0 Å². The maximum atomic E-state index is 12.0. The topological polar surface area (TPSA) is 20.3 Å². The average molecular weight is 261 g/mol. The molecule has 0 radical (unpaired) electrons. The van der Waals surface area contributed by atoms with E-state index in [2.05, 4.69) is 35.2 Å². The highest BCUT2D eigenvalue weighted by molar-refractivity contribution is 7.99. The summed E-state index contributed by atoms with van der Waals surface area (Å²) in [5.74, 6) is 3.22. The van der Waals surface area contributed by atoms with Crippen LogP contribution in [-0.4, -0.2) is 41.8 Å². The fraction of sp³-hybridized carbons (Fsp3) is 0.533. The highest BCUT2D eigenvalue weighted by atomic mass is 32.2. The molecule has 96 valence electrons. The van der Waals surface area contributed by atoms with Crippen LogP contribution in [0.4, 0.5) is 0 Å². The van der Waals surface area contributed by atoms with Gasteiger partial charge in [-0.05, 0) is 12.0 Å². The summed E-state index contributed by atoms with van der Waals surface area (Å²) in [6.45, 7) is 3.05. The van der Waals surface area contributed by atoms with Gasteiger partial charge in [-0.3, -0.25) is 4.79 Å². The molecule has 0 spiro atoms. The summed E-state index contributed by atoms with van der Waals surface area (Å²) in [6, 6.07) is 10.6. The molecule has 2 bridgehead atoms. The molecule has 2 heterocycles. The van der Waals surface area contributed by atoms with Gasteiger partial charge in [0, 0.05) is 43.0 Å². The molecule has 0 amide bonds. The Hall–Kier alpha value is -0.800. The molecule has 2 nitrogen and oxygen atoms in total. The average Bonchev–Trinajstić information content (AvgIpc) is 2.38. The largest absolute Gasteiger partial charge is 0.302 e. The summed E-state index contributed by atoms with van der Waals surface area (Å²) < 4.78 is 0. The van der Waals surface area contributed by atoms with Crippen LogP contribution in [0.2, 0.25) is 0 Å². The van der Waals surface area contributed by atoms with Crippen LogP contribution in [0.25, 0.3) is 0 Å². The van der Waals surface area contributed by atoms with Gasteiger partial charge in [-0.1, -0.05) is 30.3 Å². The summed E-state index contributed by atoms with van der Waals surface area (Å²) in [5.41, 5.74) is 1.40. The number of thioether (sulfide) groups is 1. The van der Waals surface area contributed by atoms with Crippen LogP contribution in [0.15, 0.2) is 30.3 Å². The van der Waals surface area contributed by atoms with Crippen molar-refractivity contribution in [1.82, 2.24) is 4.90 Å². The monoisotopic (exact) mass is 261 g/mol. The van der Waals surface area contributed by atoms with E-state index in [1.807, 2.05) is 11.8 Å². The normalized spacial score (nSPS) is 28.3. The van der Waals surface area contributed by atoms with Crippen LogP contribution < -0.4 is 0 Å². The van der Waals surface area contributed by atoms with Gasteiger partial charge in [-0.2, -0.15) is 11.8 Å². The third-order valence-electron chi connectivity index (χ3n) is 3.96. The van der Waals surface area contributed by atoms with Crippen molar-refractivity contribution in [3.8, 4) is 0 Å². The molecule has 2 aliphatic heterocycles. The maximum absolute atomic E-state index is 12.0. The number of ketones is 1. The SMILES string of the molecule is O=C1C2CSCC1CN(CCc1ccccc1)C2. The number of hydrogen-bond acceptors (Lipinski definition) is 3. The van der Waals surface area contributed by atoms with Crippen molar-refractivity contribution in [3.05, 3.63) is 35.9 Å². The smallest absolute Gasteiger partial charge is 0.143 e. The second kappa shape index (κ2) is 5.45. The summed E-state index contributed by atoms with van der Waals surface area (Å²) in [4.78, 5) is 14.5. The van der Waals surface area contributed by atoms with E-state index in [-0.39, 0.29) is 0 Å². The summed E-state index contributed by atoms with van der Waals surface area (Å²) >= 11 is 1.96. The number of likely N-dealkylation sites (tertiary alicyclic amines) is 1. The number of Topliss-reactive ketones (excluding diaryl/α,β-unsaturated/α-hetero) is 1. The lowest BCUT2D eigenvalue weighted by Gasteiger charge is -2.39. The second-order valence-electron chi connectivity index (χ2n) is 5.33. The molecule has 0 saturated carbocycles. The first-order valence-electron chi connectivity index (χ1n) is 6.70. The second-order valence-corrected chi connectivity index (χ2v) is 6.40. The Morgan fingerprint density at radius 3 is 2.44 bits per heavy atom. The first kappa shape index (κ1) is 12.2. The number of hydrogen-bond donors (Lipinski definition) is 0. The number of nitrogens with zero attached hydrogens (tertiary/aromatic N) is 1. The van der Waals surface area contributed by atoms with E-state index in [4.69, 9.17) is 0 Å².